The van der Waals surface area contributed by atoms with Gasteiger partial charge in [-0.2, -0.15) is 0 Å². The van der Waals surface area contributed by atoms with Gasteiger partial charge in [-0.1, -0.05) is 26.8 Å². The molecule has 0 fully saturated rings. The SMILES string of the molecule is CC(C)(C)CCn1cnc2c(N)cccc21. The number of rotatable bonds is 2. The second kappa shape index (κ2) is 3.81. The van der Waals surface area contributed by atoms with Crippen molar-refractivity contribution in [2.24, 2.45) is 5.41 Å². The highest BCUT2D eigenvalue weighted by Crippen LogP contribution is 2.23. The molecule has 1 aromatic carbocycles. The van der Waals surface area contributed by atoms with Gasteiger partial charge in [0.05, 0.1) is 17.5 Å². The molecule has 1 heterocycles. The van der Waals surface area contributed by atoms with Crippen LogP contribution in [0.15, 0.2) is 24.5 Å². The third-order valence-electron chi connectivity index (χ3n) is 2.78. The molecule has 0 atom stereocenters. The molecule has 2 rings (SSSR count). The van der Waals surface area contributed by atoms with Crippen molar-refractivity contribution in [3.05, 3.63) is 24.5 Å². The Kier molecular flexibility index (Phi) is 2.62. The summed E-state index contributed by atoms with van der Waals surface area (Å²) in [6.07, 6.45) is 3.01. The van der Waals surface area contributed by atoms with E-state index < -0.39 is 0 Å². The summed E-state index contributed by atoms with van der Waals surface area (Å²) in [5.74, 6) is 0. The molecule has 0 unspecified atom stereocenters. The van der Waals surface area contributed by atoms with Gasteiger partial charge >= 0.3 is 0 Å². The van der Waals surface area contributed by atoms with Crippen molar-refractivity contribution >= 4 is 16.7 Å². The first-order valence-electron chi connectivity index (χ1n) is 5.67. The third-order valence-corrected chi connectivity index (χ3v) is 2.78. The predicted molar refractivity (Wildman–Crippen MR) is 68.2 cm³/mol. The van der Waals surface area contributed by atoms with Crippen LogP contribution in [-0.4, -0.2) is 9.55 Å². The van der Waals surface area contributed by atoms with E-state index in [1.165, 1.54) is 0 Å². The number of hydrogen-bond donors (Lipinski definition) is 1. The zero-order valence-electron chi connectivity index (χ0n) is 10.2. The molecule has 1 aromatic heterocycles. The Hall–Kier alpha value is -1.51. The van der Waals surface area contributed by atoms with E-state index >= 15 is 0 Å². The number of fused-ring (bicyclic) bond motifs is 1. The number of nitrogen functional groups attached to an aromatic ring is 1. The molecular formula is C13H19N3. The van der Waals surface area contributed by atoms with E-state index in [-0.39, 0.29) is 0 Å². The van der Waals surface area contributed by atoms with Gasteiger partial charge in [-0.25, -0.2) is 4.98 Å². The molecule has 0 amide bonds. The van der Waals surface area contributed by atoms with Gasteiger partial charge in [0.2, 0.25) is 0 Å². The lowest BCUT2D eigenvalue weighted by Crippen LogP contribution is -2.09. The summed E-state index contributed by atoms with van der Waals surface area (Å²) in [5, 5.41) is 0. The maximum atomic E-state index is 5.88. The van der Waals surface area contributed by atoms with Crippen molar-refractivity contribution in [1.29, 1.82) is 0 Å². The van der Waals surface area contributed by atoms with E-state index in [2.05, 4.69) is 36.4 Å². The van der Waals surface area contributed by atoms with Crippen LogP contribution in [0.25, 0.3) is 11.0 Å². The molecule has 3 heteroatoms. The molecule has 3 nitrogen and oxygen atoms in total. The standard InChI is InChI=1S/C13H19N3/c1-13(2,3)7-8-16-9-15-12-10(14)5-4-6-11(12)16/h4-6,9H,7-8,14H2,1-3H3. The van der Waals surface area contributed by atoms with E-state index in [0.29, 0.717) is 5.41 Å². The fourth-order valence-corrected chi connectivity index (χ4v) is 1.74. The molecule has 2 N–H and O–H groups in total. The molecule has 0 saturated heterocycles. The van der Waals surface area contributed by atoms with Crippen molar-refractivity contribution in [1.82, 2.24) is 9.55 Å². The van der Waals surface area contributed by atoms with Crippen LogP contribution in [-0.2, 0) is 6.54 Å². The van der Waals surface area contributed by atoms with Crippen LogP contribution < -0.4 is 5.73 Å². The lowest BCUT2D eigenvalue weighted by atomic mass is 9.92. The molecule has 86 valence electrons. The first kappa shape index (κ1) is 11.0. The van der Waals surface area contributed by atoms with Crippen LogP contribution in [0.3, 0.4) is 0 Å². The molecule has 0 bridgehead atoms. The van der Waals surface area contributed by atoms with Gasteiger partial charge in [0, 0.05) is 6.54 Å². The highest BCUT2D eigenvalue weighted by molar-refractivity contribution is 5.86. The summed E-state index contributed by atoms with van der Waals surface area (Å²) in [4.78, 5) is 4.36. The second-order valence-electron chi connectivity index (χ2n) is 5.46. The van der Waals surface area contributed by atoms with Crippen LogP contribution in [0.5, 0.6) is 0 Å². The number of nitrogens with zero attached hydrogens (tertiary/aromatic N) is 2. The van der Waals surface area contributed by atoms with Gasteiger partial charge in [0.25, 0.3) is 0 Å². The van der Waals surface area contributed by atoms with Gasteiger partial charge < -0.3 is 10.3 Å². The van der Waals surface area contributed by atoms with Gasteiger partial charge in [0.15, 0.2) is 0 Å². The number of hydrogen-bond acceptors (Lipinski definition) is 2. The van der Waals surface area contributed by atoms with Crippen molar-refractivity contribution < 1.29 is 0 Å². The number of nitrogens with two attached hydrogens (primary N) is 1. The number of imidazole rings is 1. The summed E-state index contributed by atoms with van der Waals surface area (Å²) >= 11 is 0. The zero-order valence-corrected chi connectivity index (χ0v) is 10.2. The predicted octanol–water partition coefficient (Wildman–Crippen LogP) is 3.05. The minimum absolute atomic E-state index is 0.344. The fourth-order valence-electron chi connectivity index (χ4n) is 1.74. The first-order chi connectivity index (χ1) is 7.47. The Morgan fingerprint density at radius 2 is 2.06 bits per heavy atom. The Morgan fingerprint density at radius 3 is 2.75 bits per heavy atom. The number of benzene rings is 1. The minimum atomic E-state index is 0.344. The molecule has 0 radical (unpaired) electrons. The van der Waals surface area contributed by atoms with E-state index in [9.17, 15) is 0 Å². The highest BCUT2D eigenvalue weighted by Gasteiger charge is 2.11. The monoisotopic (exact) mass is 217 g/mol. The molecule has 0 aliphatic heterocycles. The zero-order chi connectivity index (χ0) is 11.8. The van der Waals surface area contributed by atoms with Crippen LogP contribution in [0.2, 0.25) is 0 Å². The van der Waals surface area contributed by atoms with E-state index in [4.69, 9.17) is 5.73 Å². The van der Waals surface area contributed by atoms with Gasteiger partial charge in [-0.05, 0) is 24.0 Å². The molecule has 0 aliphatic rings. The Morgan fingerprint density at radius 1 is 1.31 bits per heavy atom. The summed E-state index contributed by atoms with van der Waals surface area (Å²) in [7, 11) is 0. The fraction of sp³-hybridized carbons (Fsp3) is 0.462. The summed E-state index contributed by atoms with van der Waals surface area (Å²) in [6, 6.07) is 5.94. The third kappa shape index (κ3) is 2.18. The molecule has 0 spiro atoms. The Bertz CT molecular complexity index is 491. The van der Waals surface area contributed by atoms with Crippen LogP contribution in [0.4, 0.5) is 5.69 Å². The summed E-state index contributed by atoms with van der Waals surface area (Å²) < 4.78 is 2.18. The van der Waals surface area contributed by atoms with E-state index in [1.54, 1.807) is 0 Å². The molecule has 16 heavy (non-hydrogen) atoms. The summed E-state index contributed by atoms with van der Waals surface area (Å²) in [6.45, 7) is 7.74. The minimum Gasteiger partial charge on any atom is -0.397 e. The van der Waals surface area contributed by atoms with Crippen molar-refractivity contribution in [2.75, 3.05) is 5.73 Å². The average molecular weight is 217 g/mol. The maximum Gasteiger partial charge on any atom is 0.111 e. The smallest absolute Gasteiger partial charge is 0.111 e. The van der Waals surface area contributed by atoms with Gasteiger partial charge in [-0.3, -0.25) is 0 Å². The van der Waals surface area contributed by atoms with Crippen LogP contribution in [0.1, 0.15) is 27.2 Å². The first-order valence-corrected chi connectivity index (χ1v) is 5.67. The maximum absolute atomic E-state index is 5.88. The van der Waals surface area contributed by atoms with E-state index in [0.717, 1.165) is 29.7 Å². The summed E-state index contributed by atoms with van der Waals surface area (Å²) in [5.41, 5.74) is 9.02. The largest absolute Gasteiger partial charge is 0.397 e. The normalized spacial score (nSPS) is 12.2. The van der Waals surface area contributed by atoms with Crippen LogP contribution >= 0.6 is 0 Å². The Balaban J connectivity index is 2.29. The molecule has 2 aromatic rings. The molecule has 0 saturated carbocycles. The average Bonchev–Trinajstić information content (AvgIpc) is 2.58. The molecular weight excluding hydrogens is 198 g/mol. The van der Waals surface area contributed by atoms with Gasteiger partial charge in [-0.15, -0.1) is 0 Å². The number of aromatic nitrogens is 2. The number of anilines is 1. The van der Waals surface area contributed by atoms with Crippen molar-refractivity contribution in [3.63, 3.8) is 0 Å². The topological polar surface area (TPSA) is 43.8 Å². The number of aryl methyl sites for hydroxylation is 1. The van der Waals surface area contributed by atoms with E-state index in [1.807, 2.05) is 18.5 Å². The lowest BCUT2D eigenvalue weighted by Gasteiger charge is -2.18. The van der Waals surface area contributed by atoms with Gasteiger partial charge in [0.1, 0.15) is 5.52 Å². The molecule has 0 aliphatic carbocycles. The number of para-hydroxylation sites is 1. The van der Waals surface area contributed by atoms with Crippen molar-refractivity contribution in [3.8, 4) is 0 Å². The van der Waals surface area contributed by atoms with Crippen LogP contribution in [0, 0.1) is 5.41 Å². The quantitative estimate of drug-likeness (QED) is 0.786. The lowest BCUT2D eigenvalue weighted by molar-refractivity contribution is 0.352. The highest BCUT2D eigenvalue weighted by atomic mass is 15.0. The van der Waals surface area contributed by atoms with Crippen molar-refractivity contribution in [2.45, 2.75) is 33.7 Å². The Labute approximate surface area is 96.3 Å². The second-order valence-corrected chi connectivity index (χ2v) is 5.46.